The molecule has 0 heterocycles. The molecule has 1 fully saturated rings. The van der Waals surface area contributed by atoms with Crippen LogP contribution in [0.25, 0.3) is 0 Å². The molecule has 0 radical (unpaired) electrons. The van der Waals surface area contributed by atoms with Crippen molar-refractivity contribution in [3.05, 3.63) is 84.4 Å². The van der Waals surface area contributed by atoms with Crippen molar-refractivity contribution < 1.29 is 19.1 Å². The first-order chi connectivity index (χ1) is 12.2. The molecule has 1 aliphatic rings. The number of carbonyl (C=O) groups is 2. The van der Waals surface area contributed by atoms with Gasteiger partial charge in [0.05, 0.1) is 0 Å². The second kappa shape index (κ2) is 7.34. The van der Waals surface area contributed by atoms with E-state index in [0.29, 0.717) is 6.42 Å². The van der Waals surface area contributed by atoms with E-state index in [1.54, 1.807) is 6.08 Å². The van der Waals surface area contributed by atoms with E-state index >= 15 is 0 Å². The number of allylic oxidation sites excluding steroid dienone is 1. The smallest absolute Gasteiger partial charge is 0.324 e. The zero-order valence-corrected chi connectivity index (χ0v) is 13.9. The Morgan fingerprint density at radius 2 is 1.36 bits per heavy atom. The molecule has 4 heteroatoms. The third-order valence-corrected chi connectivity index (χ3v) is 4.45. The first-order valence-electron chi connectivity index (χ1n) is 8.21. The van der Waals surface area contributed by atoms with Crippen molar-refractivity contribution in [3.63, 3.8) is 0 Å². The molecule has 0 amide bonds. The van der Waals surface area contributed by atoms with Gasteiger partial charge in [0, 0.05) is 5.92 Å². The Hall–Kier alpha value is -2.88. The van der Waals surface area contributed by atoms with Gasteiger partial charge in [-0.15, -0.1) is 6.58 Å². The molecule has 1 unspecified atom stereocenters. The topological polar surface area (TPSA) is 52.6 Å². The van der Waals surface area contributed by atoms with Gasteiger partial charge in [0.1, 0.15) is 13.2 Å². The van der Waals surface area contributed by atoms with Gasteiger partial charge in [0.15, 0.2) is 5.41 Å². The summed E-state index contributed by atoms with van der Waals surface area (Å²) in [6, 6.07) is 18.7. The number of carbonyl (C=O) groups excluding carboxylic acids is 2. The zero-order valence-electron chi connectivity index (χ0n) is 13.9. The maximum atomic E-state index is 12.6. The summed E-state index contributed by atoms with van der Waals surface area (Å²) in [5.74, 6) is -1.32. The van der Waals surface area contributed by atoms with E-state index in [4.69, 9.17) is 9.47 Å². The van der Waals surface area contributed by atoms with Crippen LogP contribution >= 0.6 is 0 Å². The molecule has 3 rings (SSSR count). The first-order valence-corrected chi connectivity index (χ1v) is 8.21. The minimum Gasteiger partial charge on any atom is -0.460 e. The lowest BCUT2D eigenvalue weighted by Crippen LogP contribution is -2.31. The van der Waals surface area contributed by atoms with Crippen molar-refractivity contribution in [3.8, 4) is 0 Å². The molecule has 2 aromatic carbocycles. The van der Waals surface area contributed by atoms with E-state index in [2.05, 4.69) is 6.58 Å². The second-order valence-corrected chi connectivity index (χ2v) is 6.14. The monoisotopic (exact) mass is 336 g/mol. The molecular formula is C21H20O4. The van der Waals surface area contributed by atoms with Crippen LogP contribution in [-0.2, 0) is 32.3 Å². The van der Waals surface area contributed by atoms with Crippen LogP contribution in [0.1, 0.15) is 17.5 Å². The Labute approximate surface area is 147 Å². The summed E-state index contributed by atoms with van der Waals surface area (Å²) in [5, 5.41) is 0. The van der Waals surface area contributed by atoms with Crippen LogP contribution in [-0.4, -0.2) is 11.9 Å². The average molecular weight is 336 g/mol. The SMILES string of the molecule is C=CC1CC1(C(=O)OCc1ccccc1)C(=O)OCc1ccccc1. The molecule has 2 aromatic rings. The third kappa shape index (κ3) is 3.63. The number of ether oxygens (including phenoxy) is 2. The summed E-state index contributed by atoms with van der Waals surface area (Å²) in [5.41, 5.74) is 0.504. The van der Waals surface area contributed by atoms with Gasteiger partial charge in [-0.3, -0.25) is 9.59 Å². The van der Waals surface area contributed by atoms with Crippen molar-refractivity contribution in [2.45, 2.75) is 19.6 Å². The highest BCUT2D eigenvalue weighted by molar-refractivity contribution is 6.04. The molecule has 1 atom stereocenters. The number of esters is 2. The number of hydrogen-bond donors (Lipinski definition) is 0. The quantitative estimate of drug-likeness (QED) is 0.440. The Morgan fingerprint density at radius 1 is 0.920 bits per heavy atom. The van der Waals surface area contributed by atoms with Crippen molar-refractivity contribution in [1.29, 1.82) is 0 Å². The Morgan fingerprint density at radius 3 is 1.72 bits per heavy atom. The van der Waals surface area contributed by atoms with Crippen molar-refractivity contribution in [2.24, 2.45) is 11.3 Å². The van der Waals surface area contributed by atoms with Gasteiger partial charge in [-0.05, 0) is 17.5 Å². The molecule has 1 aliphatic carbocycles. The molecular weight excluding hydrogens is 316 g/mol. The lowest BCUT2D eigenvalue weighted by Gasteiger charge is -2.15. The molecule has 0 aromatic heterocycles. The fraction of sp³-hybridized carbons (Fsp3) is 0.238. The highest BCUT2D eigenvalue weighted by Crippen LogP contribution is 2.55. The van der Waals surface area contributed by atoms with Gasteiger partial charge in [-0.2, -0.15) is 0 Å². The largest absolute Gasteiger partial charge is 0.460 e. The summed E-state index contributed by atoms with van der Waals surface area (Å²) >= 11 is 0. The maximum Gasteiger partial charge on any atom is 0.324 e. The van der Waals surface area contributed by atoms with Gasteiger partial charge in [-0.1, -0.05) is 66.7 Å². The van der Waals surface area contributed by atoms with E-state index in [0.717, 1.165) is 11.1 Å². The van der Waals surface area contributed by atoms with E-state index in [-0.39, 0.29) is 19.1 Å². The fourth-order valence-electron chi connectivity index (χ4n) is 2.83. The standard InChI is InChI=1S/C21H20O4/c1-2-18-13-21(18,19(22)24-14-16-9-5-3-6-10-16)20(23)25-15-17-11-7-4-8-12-17/h2-12,18H,1,13-15H2. The van der Waals surface area contributed by atoms with Crippen molar-refractivity contribution >= 4 is 11.9 Å². The molecule has 25 heavy (non-hydrogen) atoms. The predicted molar refractivity (Wildman–Crippen MR) is 93.2 cm³/mol. The van der Waals surface area contributed by atoms with Gasteiger partial charge < -0.3 is 9.47 Å². The third-order valence-electron chi connectivity index (χ3n) is 4.45. The summed E-state index contributed by atoms with van der Waals surface area (Å²) in [4.78, 5) is 25.1. The van der Waals surface area contributed by atoms with E-state index in [9.17, 15) is 9.59 Å². The number of benzene rings is 2. The Kier molecular flexibility index (Phi) is 4.98. The maximum absolute atomic E-state index is 12.6. The summed E-state index contributed by atoms with van der Waals surface area (Å²) < 4.78 is 10.7. The average Bonchev–Trinajstić information content (AvgIpc) is 3.42. The number of hydrogen-bond acceptors (Lipinski definition) is 4. The van der Waals surface area contributed by atoms with E-state index in [1.165, 1.54) is 0 Å². The zero-order chi connectivity index (χ0) is 17.7. The summed E-state index contributed by atoms with van der Waals surface area (Å²) in [6.45, 7) is 3.98. The van der Waals surface area contributed by atoms with Gasteiger partial charge in [0.2, 0.25) is 0 Å². The van der Waals surface area contributed by atoms with Crippen LogP contribution in [0.15, 0.2) is 73.3 Å². The Bertz CT molecular complexity index is 696. The van der Waals surface area contributed by atoms with Crippen molar-refractivity contribution in [2.75, 3.05) is 0 Å². The molecule has 128 valence electrons. The number of rotatable bonds is 7. The van der Waals surface area contributed by atoms with Crippen LogP contribution in [0.2, 0.25) is 0 Å². The summed E-state index contributed by atoms with van der Waals surface area (Å²) in [6.07, 6.45) is 2.01. The fourth-order valence-corrected chi connectivity index (χ4v) is 2.83. The van der Waals surface area contributed by atoms with Gasteiger partial charge in [-0.25, -0.2) is 0 Å². The molecule has 1 saturated carbocycles. The van der Waals surface area contributed by atoms with Crippen LogP contribution in [0.5, 0.6) is 0 Å². The molecule has 0 N–H and O–H groups in total. The lowest BCUT2D eigenvalue weighted by molar-refractivity contribution is -0.166. The van der Waals surface area contributed by atoms with Crippen LogP contribution in [0.3, 0.4) is 0 Å². The van der Waals surface area contributed by atoms with Crippen LogP contribution < -0.4 is 0 Å². The van der Waals surface area contributed by atoms with Crippen LogP contribution in [0.4, 0.5) is 0 Å². The predicted octanol–water partition coefficient (Wildman–Crippen LogP) is 3.67. The molecule has 0 saturated heterocycles. The van der Waals surface area contributed by atoms with Gasteiger partial charge in [0.25, 0.3) is 0 Å². The highest BCUT2D eigenvalue weighted by Gasteiger charge is 2.67. The minimum atomic E-state index is -1.24. The normalized spacial score (nSPS) is 17.4. The lowest BCUT2D eigenvalue weighted by atomic mass is 10.0. The highest BCUT2D eigenvalue weighted by atomic mass is 16.6. The molecule has 4 nitrogen and oxygen atoms in total. The van der Waals surface area contributed by atoms with Crippen LogP contribution in [0, 0.1) is 11.3 Å². The molecule has 0 bridgehead atoms. The van der Waals surface area contributed by atoms with E-state index in [1.807, 2.05) is 60.7 Å². The minimum absolute atomic E-state index is 0.136. The van der Waals surface area contributed by atoms with Crippen molar-refractivity contribution in [1.82, 2.24) is 0 Å². The Balaban J connectivity index is 1.63. The van der Waals surface area contributed by atoms with E-state index < -0.39 is 17.4 Å². The first kappa shape index (κ1) is 17.0. The molecule has 0 aliphatic heterocycles. The second-order valence-electron chi connectivity index (χ2n) is 6.14. The van der Waals surface area contributed by atoms with Gasteiger partial charge >= 0.3 is 11.9 Å². The summed E-state index contributed by atoms with van der Waals surface area (Å²) in [7, 11) is 0. The molecule has 0 spiro atoms.